The lowest BCUT2D eigenvalue weighted by Crippen LogP contribution is -2.27. The number of aromatic nitrogens is 3. The summed E-state index contributed by atoms with van der Waals surface area (Å²) in [4.78, 5) is 30.3. The molecule has 18 heavy (non-hydrogen) atoms. The van der Waals surface area contributed by atoms with E-state index >= 15 is 0 Å². The molecule has 0 aliphatic heterocycles. The summed E-state index contributed by atoms with van der Waals surface area (Å²) in [6.07, 6.45) is 1.56. The number of fused-ring (bicyclic) bond motifs is 1. The molecule has 0 bridgehead atoms. The van der Waals surface area contributed by atoms with Crippen LogP contribution in [0.1, 0.15) is 6.92 Å². The highest BCUT2D eigenvalue weighted by Gasteiger charge is 2.10. The van der Waals surface area contributed by atoms with E-state index in [1.165, 1.54) is 0 Å². The molecule has 0 amide bonds. The van der Waals surface area contributed by atoms with Crippen LogP contribution in [0.5, 0.6) is 0 Å². The van der Waals surface area contributed by atoms with Gasteiger partial charge in [0.2, 0.25) is 0 Å². The molecule has 0 atom stereocenters. The first-order chi connectivity index (χ1) is 8.63. The van der Waals surface area contributed by atoms with Crippen LogP contribution < -0.4 is 5.56 Å². The Hall–Kier alpha value is -2.02. The zero-order chi connectivity index (χ0) is 13.1. The van der Waals surface area contributed by atoms with Crippen molar-refractivity contribution in [1.29, 1.82) is 0 Å². The largest absolute Gasteiger partial charge is 0.465 e. The van der Waals surface area contributed by atoms with Gasteiger partial charge in [-0.25, -0.2) is 4.98 Å². The van der Waals surface area contributed by atoms with Crippen LogP contribution in [0, 0.1) is 4.77 Å². The molecule has 0 aliphatic carbocycles. The maximum absolute atomic E-state index is 12.1. The van der Waals surface area contributed by atoms with E-state index in [0.29, 0.717) is 11.0 Å². The Labute approximate surface area is 107 Å². The number of esters is 1. The monoisotopic (exact) mass is 265 g/mol. The fourth-order valence-electron chi connectivity index (χ4n) is 1.56. The van der Waals surface area contributed by atoms with Crippen LogP contribution in [0.3, 0.4) is 0 Å². The van der Waals surface area contributed by atoms with Crippen LogP contribution in [-0.4, -0.2) is 27.1 Å². The number of carbonyl (C=O) groups is 1. The summed E-state index contributed by atoms with van der Waals surface area (Å²) in [6.45, 7) is 1.76. The van der Waals surface area contributed by atoms with Gasteiger partial charge < -0.3 is 9.72 Å². The van der Waals surface area contributed by atoms with Gasteiger partial charge in [0.25, 0.3) is 5.56 Å². The minimum absolute atomic E-state index is 0.152. The van der Waals surface area contributed by atoms with Gasteiger partial charge in [0, 0.05) is 6.20 Å². The minimum atomic E-state index is -0.498. The summed E-state index contributed by atoms with van der Waals surface area (Å²) in [6, 6.07) is 3.27. The Morgan fingerprint density at radius 3 is 3.11 bits per heavy atom. The van der Waals surface area contributed by atoms with E-state index in [9.17, 15) is 9.59 Å². The van der Waals surface area contributed by atoms with Crippen molar-refractivity contribution >= 4 is 29.2 Å². The first-order valence-electron chi connectivity index (χ1n) is 5.37. The van der Waals surface area contributed by atoms with E-state index in [1.54, 1.807) is 25.3 Å². The summed E-state index contributed by atoms with van der Waals surface area (Å²) in [5.74, 6) is -0.498. The summed E-state index contributed by atoms with van der Waals surface area (Å²) >= 11 is 5.03. The zero-order valence-corrected chi connectivity index (χ0v) is 10.5. The molecule has 2 aromatic heterocycles. The molecule has 94 valence electrons. The van der Waals surface area contributed by atoms with Gasteiger partial charge >= 0.3 is 5.97 Å². The van der Waals surface area contributed by atoms with Gasteiger partial charge in [0.1, 0.15) is 12.2 Å². The van der Waals surface area contributed by atoms with Gasteiger partial charge in [-0.05, 0) is 31.3 Å². The average Bonchev–Trinajstić information content (AvgIpc) is 2.35. The first-order valence-corrected chi connectivity index (χ1v) is 5.77. The van der Waals surface area contributed by atoms with Gasteiger partial charge in [0.05, 0.1) is 12.0 Å². The van der Waals surface area contributed by atoms with Crippen molar-refractivity contribution < 1.29 is 9.53 Å². The van der Waals surface area contributed by atoms with E-state index in [1.807, 2.05) is 0 Å². The topological polar surface area (TPSA) is 77.0 Å². The Morgan fingerprint density at radius 2 is 2.39 bits per heavy atom. The second kappa shape index (κ2) is 5.09. The Balaban J connectivity index is 2.55. The van der Waals surface area contributed by atoms with Crippen molar-refractivity contribution in [2.24, 2.45) is 0 Å². The number of nitrogens with one attached hydrogen (secondary N) is 1. The van der Waals surface area contributed by atoms with E-state index < -0.39 is 5.97 Å². The molecule has 6 nitrogen and oxygen atoms in total. The van der Waals surface area contributed by atoms with Crippen LogP contribution in [-0.2, 0) is 16.1 Å². The third kappa shape index (κ3) is 2.30. The number of hydrogen-bond acceptors (Lipinski definition) is 5. The standard InChI is InChI=1S/C11H11N3O3S/c1-2-17-8(15)6-14-10(16)7-4-3-5-12-9(7)13-11(14)18/h3-5H,2,6H2,1H3,(H,12,13,18). The van der Waals surface area contributed by atoms with Gasteiger partial charge in [0.15, 0.2) is 4.77 Å². The molecular formula is C11H11N3O3S. The van der Waals surface area contributed by atoms with E-state index in [4.69, 9.17) is 17.0 Å². The highest BCUT2D eigenvalue weighted by Crippen LogP contribution is 2.02. The van der Waals surface area contributed by atoms with Crippen LogP contribution in [0.4, 0.5) is 0 Å². The number of aromatic amines is 1. The van der Waals surface area contributed by atoms with Crippen molar-refractivity contribution in [3.05, 3.63) is 33.5 Å². The average molecular weight is 265 g/mol. The highest BCUT2D eigenvalue weighted by molar-refractivity contribution is 7.71. The fraction of sp³-hybridized carbons (Fsp3) is 0.273. The molecule has 0 unspecified atom stereocenters. The molecule has 0 radical (unpaired) electrons. The molecule has 2 heterocycles. The minimum Gasteiger partial charge on any atom is -0.465 e. The highest BCUT2D eigenvalue weighted by atomic mass is 32.1. The fourth-order valence-corrected chi connectivity index (χ4v) is 1.81. The molecule has 0 fully saturated rings. The van der Waals surface area contributed by atoms with Crippen molar-refractivity contribution in [2.75, 3.05) is 6.61 Å². The second-order valence-electron chi connectivity index (χ2n) is 3.53. The molecule has 2 rings (SSSR count). The van der Waals surface area contributed by atoms with Crippen molar-refractivity contribution in [3.63, 3.8) is 0 Å². The number of pyridine rings is 1. The molecule has 0 saturated heterocycles. The van der Waals surface area contributed by atoms with Crippen LogP contribution >= 0.6 is 12.2 Å². The Kier molecular flexibility index (Phi) is 3.52. The molecule has 0 spiro atoms. The molecule has 7 heteroatoms. The molecular weight excluding hydrogens is 254 g/mol. The van der Waals surface area contributed by atoms with Crippen molar-refractivity contribution in [2.45, 2.75) is 13.5 Å². The zero-order valence-electron chi connectivity index (χ0n) is 9.67. The smallest absolute Gasteiger partial charge is 0.326 e. The number of carbonyl (C=O) groups excluding carboxylic acids is 1. The van der Waals surface area contributed by atoms with Gasteiger partial charge in [-0.1, -0.05) is 0 Å². The summed E-state index contributed by atoms with van der Waals surface area (Å²) in [5.41, 5.74) is 0.0579. The van der Waals surface area contributed by atoms with Crippen LogP contribution in [0.2, 0.25) is 0 Å². The second-order valence-corrected chi connectivity index (χ2v) is 3.91. The maximum Gasteiger partial charge on any atom is 0.326 e. The number of hydrogen-bond donors (Lipinski definition) is 1. The molecule has 2 aromatic rings. The van der Waals surface area contributed by atoms with Gasteiger partial charge in [-0.3, -0.25) is 14.2 Å². The van der Waals surface area contributed by atoms with E-state index in [-0.39, 0.29) is 23.5 Å². The van der Waals surface area contributed by atoms with Crippen LogP contribution in [0.15, 0.2) is 23.1 Å². The lowest BCUT2D eigenvalue weighted by molar-refractivity contribution is -0.143. The van der Waals surface area contributed by atoms with Gasteiger partial charge in [-0.2, -0.15) is 0 Å². The predicted octanol–water partition coefficient (Wildman–Crippen LogP) is 1.02. The number of rotatable bonds is 3. The molecule has 0 aliphatic rings. The molecule has 1 N–H and O–H groups in total. The van der Waals surface area contributed by atoms with E-state index in [0.717, 1.165) is 4.57 Å². The quantitative estimate of drug-likeness (QED) is 0.662. The van der Waals surface area contributed by atoms with Crippen LogP contribution in [0.25, 0.3) is 11.0 Å². The van der Waals surface area contributed by atoms with E-state index in [2.05, 4.69) is 9.97 Å². The van der Waals surface area contributed by atoms with Crippen molar-refractivity contribution in [1.82, 2.24) is 14.5 Å². The number of H-pyrrole nitrogens is 1. The third-order valence-corrected chi connectivity index (χ3v) is 2.67. The first kappa shape index (κ1) is 12.4. The predicted molar refractivity (Wildman–Crippen MR) is 67.8 cm³/mol. The molecule has 0 saturated carbocycles. The maximum atomic E-state index is 12.1. The summed E-state index contributed by atoms with van der Waals surface area (Å²) in [5, 5.41) is 0.385. The molecule has 0 aromatic carbocycles. The Morgan fingerprint density at radius 1 is 1.61 bits per heavy atom. The summed E-state index contributed by atoms with van der Waals surface area (Å²) in [7, 11) is 0. The lowest BCUT2D eigenvalue weighted by atomic mass is 10.3. The Bertz CT molecular complexity index is 704. The number of ether oxygens (including phenoxy) is 1. The lowest BCUT2D eigenvalue weighted by Gasteiger charge is -2.06. The van der Waals surface area contributed by atoms with Crippen molar-refractivity contribution in [3.8, 4) is 0 Å². The third-order valence-electron chi connectivity index (χ3n) is 2.35. The SMILES string of the molecule is CCOC(=O)Cn1c(=S)[nH]c2ncccc2c1=O. The summed E-state index contributed by atoms with van der Waals surface area (Å²) < 4.78 is 6.11. The normalized spacial score (nSPS) is 10.5. The van der Waals surface area contributed by atoms with Gasteiger partial charge in [-0.15, -0.1) is 0 Å². The number of nitrogens with zero attached hydrogens (tertiary/aromatic N) is 2.